The van der Waals surface area contributed by atoms with Crippen molar-refractivity contribution in [1.82, 2.24) is 19.8 Å². The van der Waals surface area contributed by atoms with Crippen LogP contribution in [-0.4, -0.2) is 84.1 Å². The highest BCUT2D eigenvalue weighted by Crippen LogP contribution is 2.59. The molecule has 1 saturated carbocycles. The van der Waals surface area contributed by atoms with Gasteiger partial charge >= 0.3 is 6.01 Å². The summed E-state index contributed by atoms with van der Waals surface area (Å²) >= 11 is 0. The van der Waals surface area contributed by atoms with Gasteiger partial charge in [0, 0.05) is 31.1 Å². The van der Waals surface area contributed by atoms with Gasteiger partial charge in [-0.3, -0.25) is 4.79 Å². The molecule has 2 aliphatic heterocycles. The van der Waals surface area contributed by atoms with Crippen molar-refractivity contribution in [2.75, 3.05) is 51.3 Å². The average Bonchev–Trinajstić information content (AvgIpc) is 3.54. The van der Waals surface area contributed by atoms with E-state index in [0.29, 0.717) is 43.0 Å². The first-order valence-corrected chi connectivity index (χ1v) is 15.4. The van der Waals surface area contributed by atoms with Gasteiger partial charge in [-0.15, -0.1) is 0 Å². The van der Waals surface area contributed by atoms with Crippen LogP contribution < -0.4 is 9.64 Å². The Morgan fingerprint density at radius 2 is 2.02 bits per heavy atom. The SMILES string of the molecule is [C-]#[N+]C[C@H]1CN(c2nc(OC[C@@H]3CCCN3C)nc3cc(-c4cccc5c4C4(CC5)CC4)ccc23)CCN1C(=O)C(=C)F. The fourth-order valence-electron chi connectivity index (χ4n) is 7.48. The van der Waals surface area contributed by atoms with Crippen LogP contribution in [0.3, 0.4) is 0 Å². The fourth-order valence-corrected chi connectivity index (χ4v) is 7.48. The third-order valence-electron chi connectivity index (χ3n) is 10.0. The number of rotatable bonds is 7. The third-order valence-corrected chi connectivity index (χ3v) is 10.0. The predicted molar refractivity (Wildman–Crippen MR) is 165 cm³/mol. The minimum atomic E-state index is -1.00. The summed E-state index contributed by atoms with van der Waals surface area (Å²) in [4.78, 5) is 31.7. The van der Waals surface area contributed by atoms with Crippen LogP contribution >= 0.6 is 0 Å². The Morgan fingerprint density at radius 1 is 1.16 bits per heavy atom. The van der Waals surface area contributed by atoms with Crippen LogP contribution in [0, 0.1) is 6.57 Å². The first-order valence-electron chi connectivity index (χ1n) is 15.4. The second kappa shape index (κ2) is 10.9. The highest BCUT2D eigenvalue weighted by molar-refractivity contribution is 5.94. The first-order chi connectivity index (χ1) is 20.9. The summed E-state index contributed by atoms with van der Waals surface area (Å²) in [6.07, 6.45) is 7.14. The molecule has 4 aliphatic rings. The summed E-state index contributed by atoms with van der Waals surface area (Å²) in [5.74, 6) is -1.04. The molecule has 2 saturated heterocycles. The molecule has 0 unspecified atom stereocenters. The number of benzene rings is 2. The molecule has 0 N–H and O–H groups in total. The third kappa shape index (κ3) is 5.02. The van der Waals surface area contributed by atoms with E-state index < -0.39 is 17.8 Å². The Morgan fingerprint density at radius 3 is 2.77 bits per heavy atom. The molecule has 0 bridgehead atoms. The lowest BCUT2D eigenvalue weighted by molar-refractivity contribution is -0.131. The molecule has 7 rings (SSSR count). The minimum absolute atomic E-state index is 0.0704. The number of carbonyl (C=O) groups is 1. The molecule has 8 nitrogen and oxygen atoms in total. The van der Waals surface area contributed by atoms with Gasteiger partial charge in [-0.1, -0.05) is 30.8 Å². The Kier molecular flexibility index (Phi) is 7.05. The summed E-state index contributed by atoms with van der Waals surface area (Å²) in [5, 5.41) is 0.888. The van der Waals surface area contributed by atoms with Gasteiger partial charge in [-0.2, -0.15) is 9.97 Å². The quantitative estimate of drug-likeness (QED) is 0.284. The number of carbonyl (C=O) groups excluding carboxylic acids is 1. The lowest BCUT2D eigenvalue weighted by Gasteiger charge is -2.39. The van der Waals surface area contributed by atoms with E-state index in [1.54, 1.807) is 0 Å². The second-order valence-corrected chi connectivity index (χ2v) is 12.6. The highest BCUT2D eigenvalue weighted by atomic mass is 19.1. The van der Waals surface area contributed by atoms with Gasteiger partial charge in [-0.25, -0.2) is 11.0 Å². The number of hydrogen-bond donors (Lipinski definition) is 0. The molecular formula is C34H37FN6O2. The summed E-state index contributed by atoms with van der Waals surface area (Å²) < 4.78 is 20.1. The van der Waals surface area contributed by atoms with Crippen LogP contribution in [0.4, 0.5) is 10.2 Å². The van der Waals surface area contributed by atoms with E-state index in [-0.39, 0.29) is 13.1 Å². The van der Waals surface area contributed by atoms with Crippen LogP contribution in [0.15, 0.2) is 48.8 Å². The predicted octanol–water partition coefficient (Wildman–Crippen LogP) is 5.17. The number of halogens is 1. The largest absolute Gasteiger partial charge is 0.462 e. The molecule has 2 aliphatic carbocycles. The fraction of sp³-hybridized carbons (Fsp3) is 0.471. The molecule has 1 amide bonds. The Bertz CT molecular complexity index is 1650. The van der Waals surface area contributed by atoms with Gasteiger partial charge in [0.15, 0.2) is 5.83 Å². The number of likely N-dealkylation sites (tertiary alicyclic amines) is 1. The molecule has 43 heavy (non-hydrogen) atoms. The monoisotopic (exact) mass is 580 g/mol. The molecule has 2 atom stereocenters. The van der Waals surface area contributed by atoms with E-state index in [9.17, 15) is 9.18 Å². The van der Waals surface area contributed by atoms with Crippen LogP contribution in [0.1, 0.15) is 43.2 Å². The number of anilines is 1. The van der Waals surface area contributed by atoms with Crippen LogP contribution in [0.2, 0.25) is 0 Å². The number of likely N-dealkylation sites (N-methyl/N-ethyl adjacent to an activating group) is 1. The molecule has 9 heteroatoms. The maximum Gasteiger partial charge on any atom is 0.319 e. The number of hydrogen-bond acceptors (Lipinski definition) is 6. The number of piperazine rings is 1. The Labute approximate surface area is 252 Å². The van der Waals surface area contributed by atoms with E-state index in [4.69, 9.17) is 21.3 Å². The molecule has 1 aromatic heterocycles. The Balaban J connectivity index is 1.27. The van der Waals surface area contributed by atoms with Gasteiger partial charge < -0.3 is 24.3 Å². The molecule has 2 aromatic carbocycles. The van der Waals surface area contributed by atoms with Crippen LogP contribution in [0.5, 0.6) is 6.01 Å². The van der Waals surface area contributed by atoms with E-state index in [2.05, 4.69) is 64.7 Å². The Hall–Kier alpha value is -4.03. The van der Waals surface area contributed by atoms with Crippen molar-refractivity contribution in [3.05, 3.63) is 71.3 Å². The topological polar surface area (TPSA) is 66.2 Å². The van der Waals surface area contributed by atoms with Gasteiger partial charge in [0.2, 0.25) is 6.54 Å². The molecule has 3 fully saturated rings. The average molecular weight is 581 g/mol. The number of aromatic nitrogens is 2. The number of nitrogens with zero attached hydrogens (tertiary/aromatic N) is 6. The zero-order valence-corrected chi connectivity index (χ0v) is 24.7. The van der Waals surface area contributed by atoms with Gasteiger partial charge in [0.1, 0.15) is 18.5 Å². The van der Waals surface area contributed by atoms with Crippen molar-refractivity contribution in [3.8, 4) is 17.1 Å². The van der Waals surface area contributed by atoms with Gasteiger partial charge in [0.05, 0.1) is 5.52 Å². The summed E-state index contributed by atoms with van der Waals surface area (Å²) in [6, 6.07) is 13.3. The van der Waals surface area contributed by atoms with Crippen molar-refractivity contribution in [3.63, 3.8) is 0 Å². The zero-order chi connectivity index (χ0) is 29.7. The summed E-state index contributed by atoms with van der Waals surface area (Å²) in [6.45, 7) is 13.4. The maximum absolute atomic E-state index is 13.8. The van der Waals surface area contributed by atoms with E-state index in [1.165, 1.54) is 40.9 Å². The normalized spacial score (nSPS) is 22.5. The lowest BCUT2D eigenvalue weighted by Crippen LogP contribution is -2.56. The number of aryl methyl sites for hydroxylation is 1. The van der Waals surface area contributed by atoms with Crippen molar-refractivity contribution in [1.29, 1.82) is 0 Å². The van der Waals surface area contributed by atoms with Crippen molar-refractivity contribution in [2.24, 2.45) is 0 Å². The van der Waals surface area contributed by atoms with Gasteiger partial charge in [0.25, 0.3) is 5.91 Å². The molecule has 0 radical (unpaired) electrons. The van der Waals surface area contributed by atoms with Gasteiger partial charge in [-0.05, 0) is 91.9 Å². The number of ether oxygens (including phenoxy) is 1. The maximum atomic E-state index is 13.8. The highest BCUT2D eigenvalue weighted by Gasteiger charge is 2.49. The summed E-state index contributed by atoms with van der Waals surface area (Å²) in [5.41, 5.74) is 6.57. The molecule has 3 aromatic rings. The molecule has 222 valence electrons. The standard InChI is InChI=1S/C34H37FN6O2/c1-22(35)32(42)41-17-16-40(20-26(41)19-36-2)31-28-10-9-24(27-8-4-6-23-11-12-34(13-14-34)30(23)27)18-29(28)37-33(38-31)43-21-25-7-5-15-39(25)3/h4,6,8-10,18,25-26H,1,5,7,11-17,19-21H2,3H3/t25-,26-/m0/s1. The number of fused-ring (bicyclic) bond motifs is 3. The minimum Gasteiger partial charge on any atom is -0.462 e. The molecule has 1 spiro atoms. The van der Waals surface area contributed by atoms with Crippen molar-refractivity contribution >= 4 is 22.6 Å². The smallest absolute Gasteiger partial charge is 0.319 e. The summed E-state index contributed by atoms with van der Waals surface area (Å²) in [7, 11) is 2.12. The molecule has 3 heterocycles. The van der Waals surface area contributed by atoms with E-state index in [0.717, 1.165) is 42.3 Å². The lowest BCUT2D eigenvalue weighted by atomic mass is 9.89. The van der Waals surface area contributed by atoms with E-state index in [1.807, 2.05) is 0 Å². The van der Waals surface area contributed by atoms with Crippen LogP contribution in [0.25, 0.3) is 26.9 Å². The zero-order valence-electron chi connectivity index (χ0n) is 24.7. The second-order valence-electron chi connectivity index (χ2n) is 12.6. The first kappa shape index (κ1) is 27.8. The molecular weight excluding hydrogens is 543 g/mol. The van der Waals surface area contributed by atoms with Crippen LogP contribution in [-0.2, 0) is 16.6 Å². The van der Waals surface area contributed by atoms with E-state index >= 15 is 0 Å². The van der Waals surface area contributed by atoms with Crippen molar-refractivity contribution < 1.29 is 13.9 Å². The van der Waals surface area contributed by atoms with Crippen molar-refractivity contribution in [2.45, 2.75) is 56.0 Å². The number of amides is 1.